The van der Waals surface area contributed by atoms with Gasteiger partial charge >= 0.3 is 0 Å². The number of ether oxygens (including phenoxy) is 2. The van der Waals surface area contributed by atoms with Crippen LogP contribution in [0.5, 0.6) is 11.5 Å². The van der Waals surface area contributed by atoms with Crippen LogP contribution in [0.4, 0.5) is 0 Å². The van der Waals surface area contributed by atoms with Gasteiger partial charge in [0.05, 0.1) is 31.9 Å². The third kappa shape index (κ3) is 6.12. The molecule has 1 aliphatic rings. The Kier molecular flexibility index (Phi) is 8.50. The van der Waals surface area contributed by atoms with E-state index in [1.54, 1.807) is 38.5 Å². The minimum atomic E-state index is -3.69. The average molecular weight is 515 g/mol. The number of hydrogen-bond acceptors (Lipinski definition) is 5. The molecular formula is C23H28Cl2N2O5S. The number of benzene rings is 2. The van der Waals surface area contributed by atoms with Crippen LogP contribution in [0.3, 0.4) is 0 Å². The summed E-state index contributed by atoms with van der Waals surface area (Å²) in [5.41, 5.74) is 1.23. The number of carbonyl (C=O) groups excluding carboxylic acids is 1. The third-order valence-corrected chi connectivity index (χ3v) is 8.28. The van der Waals surface area contributed by atoms with Crippen LogP contribution < -0.4 is 14.8 Å². The van der Waals surface area contributed by atoms with Crippen LogP contribution in [0.15, 0.2) is 36.4 Å². The molecule has 1 aliphatic heterocycles. The normalized spacial score (nSPS) is 17.9. The summed E-state index contributed by atoms with van der Waals surface area (Å²) in [4.78, 5) is 13.0. The number of nitrogens with zero attached hydrogens (tertiary/aromatic N) is 1. The molecule has 7 nitrogen and oxygen atoms in total. The van der Waals surface area contributed by atoms with Crippen molar-refractivity contribution < 1.29 is 22.7 Å². The molecule has 0 unspecified atom stereocenters. The quantitative estimate of drug-likeness (QED) is 0.563. The van der Waals surface area contributed by atoms with E-state index in [0.717, 1.165) is 5.56 Å². The predicted octanol–water partition coefficient (Wildman–Crippen LogP) is 4.43. The van der Waals surface area contributed by atoms with Crippen LogP contribution in [-0.2, 0) is 20.6 Å². The Morgan fingerprint density at radius 3 is 2.45 bits per heavy atom. The Bertz CT molecular complexity index is 1090. The van der Waals surface area contributed by atoms with Crippen molar-refractivity contribution in [3.8, 4) is 11.5 Å². The third-order valence-electron chi connectivity index (χ3n) is 5.80. The molecule has 2 atom stereocenters. The van der Waals surface area contributed by atoms with Crippen molar-refractivity contribution in [1.82, 2.24) is 9.62 Å². The maximum absolute atomic E-state index is 13.1. The lowest BCUT2D eigenvalue weighted by atomic mass is 9.98. The SMILES string of the molecule is COc1ccc([C@H](C)NC(=O)[C@@H]2CCCN(S(=O)(=O)Cc3c(Cl)cccc3Cl)C2)cc1OC. The predicted molar refractivity (Wildman–Crippen MR) is 129 cm³/mol. The summed E-state index contributed by atoms with van der Waals surface area (Å²) in [5, 5.41) is 3.61. The van der Waals surface area contributed by atoms with Gasteiger partial charge in [-0.05, 0) is 49.6 Å². The highest BCUT2D eigenvalue weighted by atomic mass is 35.5. The molecule has 0 saturated carbocycles. The Hall–Kier alpha value is -2.00. The van der Waals surface area contributed by atoms with Crippen LogP contribution in [0.25, 0.3) is 0 Å². The molecule has 3 rings (SSSR count). The monoisotopic (exact) mass is 514 g/mol. The molecule has 10 heteroatoms. The zero-order valence-corrected chi connectivity index (χ0v) is 21.1. The second-order valence-corrected chi connectivity index (χ2v) is 10.8. The molecule has 1 fully saturated rings. The van der Waals surface area contributed by atoms with E-state index >= 15 is 0 Å². The molecule has 33 heavy (non-hydrogen) atoms. The van der Waals surface area contributed by atoms with Crippen LogP contribution in [0.1, 0.15) is 36.9 Å². The second-order valence-electron chi connectivity index (χ2n) is 8.00. The fourth-order valence-corrected chi connectivity index (χ4v) is 6.25. The van der Waals surface area contributed by atoms with E-state index in [1.165, 1.54) is 4.31 Å². The number of hydrogen-bond donors (Lipinski definition) is 1. The van der Waals surface area contributed by atoms with Crippen molar-refractivity contribution in [2.75, 3.05) is 27.3 Å². The minimum Gasteiger partial charge on any atom is -0.493 e. The molecular weight excluding hydrogens is 487 g/mol. The molecule has 2 aromatic carbocycles. The van der Waals surface area contributed by atoms with Crippen molar-refractivity contribution in [3.05, 3.63) is 57.6 Å². The summed E-state index contributed by atoms with van der Waals surface area (Å²) < 4.78 is 38.1. The number of halogens is 2. The number of nitrogens with one attached hydrogen (secondary N) is 1. The number of rotatable bonds is 8. The first-order valence-corrected chi connectivity index (χ1v) is 13.0. The first kappa shape index (κ1) is 25.6. The molecule has 1 amide bonds. The lowest BCUT2D eigenvalue weighted by Gasteiger charge is -2.32. The Labute approximate surface area is 205 Å². The van der Waals surface area contributed by atoms with E-state index < -0.39 is 15.9 Å². The van der Waals surface area contributed by atoms with E-state index in [9.17, 15) is 13.2 Å². The van der Waals surface area contributed by atoms with Crippen LogP contribution in [0, 0.1) is 5.92 Å². The second kappa shape index (κ2) is 11.0. The van der Waals surface area contributed by atoms with Gasteiger partial charge in [0, 0.05) is 28.7 Å². The van der Waals surface area contributed by atoms with Gasteiger partial charge in [-0.15, -0.1) is 0 Å². The molecule has 0 aromatic heterocycles. The lowest BCUT2D eigenvalue weighted by Crippen LogP contribution is -2.46. The summed E-state index contributed by atoms with van der Waals surface area (Å²) in [6, 6.07) is 10.1. The lowest BCUT2D eigenvalue weighted by molar-refractivity contribution is -0.126. The van der Waals surface area contributed by atoms with E-state index in [0.29, 0.717) is 46.5 Å². The van der Waals surface area contributed by atoms with Gasteiger partial charge in [-0.1, -0.05) is 35.3 Å². The summed E-state index contributed by atoms with van der Waals surface area (Å²) in [7, 11) is -0.577. The summed E-state index contributed by atoms with van der Waals surface area (Å²) in [5.74, 6) is 0.239. The molecule has 180 valence electrons. The minimum absolute atomic E-state index is 0.120. The molecule has 0 spiro atoms. The standard InChI is InChI=1S/C23H28Cl2N2O5S/c1-15(16-9-10-21(31-2)22(12-16)32-3)26-23(28)17-6-5-11-27(13-17)33(29,30)14-18-19(24)7-4-8-20(18)25/h4,7-10,12,15,17H,5-6,11,13-14H2,1-3H3,(H,26,28)/t15-,17+/m0/s1. The number of piperidine rings is 1. The van der Waals surface area contributed by atoms with Crippen LogP contribution >= 0.6 is 23.2 Å². The van der Waals surface area contributed by atoms with Crippen molar-refractivity contribution in [1.29, 1.82) is 0 Å². The molecule has 1 saturated heterocycles. The van der Waals surface area contributed by atoms with E-state index in [2.05, 4.69) is 5.32 Å². The number of amides is 1. The number of methoxy groups -OCH3 is 2. The molecule has 1 heterocycles. The van der Waals surface area contributed by atoms with Crippen LogP contribution in [0.2, 0.25) is 10.0 Å². The van der Waals surface area contributed by atoms with Crippen molar-refractivity contribution >= 4 is 39.1 Å². The van der Waals surface area contributed by atoms with Gasteiger partial charge in [0.1, 0.15) is 0 Å². The maximum atomic E-state index is 13.1. The highest BCUT2D eigenvalue weighted by Crippen LogP contribution is 2.31. The number of carbonyl (C=O) groups is 1. The molecule has 1 N–H and O–H groups in total. The highest BCUT2D eigenvalue weighted by molar-refractivity contribution is 7.88. The Morgan fingerprint density at radius 2 is 1.82 bits per heavy atom. The Morgan fingerprint density at radius 1 is 1.15 bits per heavy atom. The topological polar surface area (TPSA) is 84.9 Å². The average Bonchev–Trinajstić information content (AvgIpc) is 2.81. The molecule has 0 radical (unpaired) electrons. The van der Waals surface area contributed by atoms with Gasteiger partial charge in [-0.2, -0.15) is 0 Å². The first-order chi connectivity index (χ1) is 15.7. The Balaban J connectivity index is 1.67. The molecule has 0 bridgehead atoms. The zero-order valence-electron chi connectivity index (χ0n) is 18.8. The highest BCUT2D eigenvalue weighted by Gasteiger charge is 2.33. The van der Waals surface area contributed by atoms with Gasteiger partial charge < -0.3 is 14.8 Å². The van der Waals surface area contributed by atoms with E-state index in [4.69, 9.17) is 32.7 Å². The van der Waals surface area contributed by atoms with Gasteiger partial charge in [0.25, 0.3) is 0 Å². The first-order valence-electron chi connectivity index (χ1n) is 10.6. The van der Waals surface area contributed by atoms with Gasteiger partial charge in [-0.25, -0.2) is 12.7 Å². The van der Waals surface area contributed by atoms with Crippen molar-refractivity contribution in [2.24, 2.45) is 5.92 Å². The largest absolute Gasteiger partial charge is 0.493 e. The van der Waals surface area contributed by atoms with Crippen LogP contribution in [-0.4, -0.2) is 45.9 Å². The maximum Gasteiger partial charge on any atom is 0.224 e. The van der Waals surface area contributed by atoms with Gasteiger partial charge in [0.2, 0.25) is 15.9 Å². The van der Waals surface area contributed by atoms with E-state index in [-0.39, 0.29) is 24.2 Å². The smallest absolute Gasteiger partial charge is 0.224 e. The molecule has 2 aromatic rings. The van der Waals surface area contributed by atoms with Crippen molar-refractivity contribution in [3.63, 3.8) is 0 Å². The van der Waals surface area contributed by atoms with Gasteiger partial charge in [0.15, 0.2) is 11.5 Å². The fraction of sp³-hybridized carbons (Fsp3) is 0.435. The fourth-order valence-electron chi connectivity index (χ4n) is 3.89. The van der Waals surface area contributed by atoms with Gasteiger partial charge in [-0.3, -0.25) is 4.79 Å². The summed E-state index contributed by atoms with van der Waals surface area (Å²) in [6.07, 6.45) is 1.21. The van der Waals surface area contributed by atoms with Crippen molar-refractivity contribution in [2.45, 2.75) is 31.6 Å². The number of sulfonamides is 1. The van der Waals surface area contributed by atoms with E-state index in [1.807, 2.05) is 19.1 Å². The zero-order chi connectivity index (χ0) is 24.2. The molecule has 0 aliphatic carbocycles. The summed E-state index contributed by atoms with van der Waals surface area (Å²) in [6.45, 7) is 2.35. The summed E-state index contributed by atoms with van der Waals surface area (Å²) >= 11 is 12.3.